The summed E-state index contributed by atoms with van der Waals surface area (Å²) in [5, 5.41) is 11.6. The number of benzene rings is 2. The minimum Gasteiger partial charge on any atom is -0.496 e. The van der Waals surface area contributed by atoms with E-state index in [1.54, 1.807) is 39.5 Å². The lowest BCUT2D eigenvalue weighted by Gasteiger charge is -2.53. The van der Waals surface area contributed by atoms with Crippen LogP contribution in [-0.2, 0) is 20.9 Å². The highest BCUT2D eigenvalue weighted by Gasteiger charge is 2.65. The molecule has 0 saturated carbocycles. The van der Waals surface area contributed by atoms with Crippen molar-refractivity contribution >= 4 is 6.08 Å². The van der Waals surface area contributed by atoms with Gasteiger partial charge in [-0.2, -0.15) is 0 Å². The minimum absolute atomic E-state index is 0.552. The fourth-order valence-electron chi connectivity index (χ4n) is 3.73. The monoisotopic (exact) mass is 372 g/mol. The number of rotatable bonds is 7. The van der Waals surface area contributed by atoms with Crippen molar-refractivity contribution in [1.29, 1.82) is 0 Å². The van der Waals surface area contributed by atoms with Gasteiger partial charge in [-0.05, 0) is 30.4 Å². The van der Waals surface area contributed by atoms with E-state index in [0.29, 0.717) is 33.9 Å². The van der Waals surface area contributed by atoms with Crippen molar-refractivity contribution in [2.75, 3.05) is 35.5 Å². The maximum Gasteiger partial charge on any atom is 0.233 e. The van der Waals surface area contributed by atoms with Gasteiger partial charge in [0.2, 0.25) is 5.79 Å². The Morgan fingerprint density at radius 2 is 1.30 bits per heavy atom. The lowest BCUT2D eigenvalue weighted by molar-refractivity contribution is -0.325. The van der Waals surface area contributed by atoms with E-state index >= 15 is 0 Å². The molecule has 0 spiro atoms. The van der Waals surface area contributed by atoms with Crippen LogP contribution in [-0.4, -0.2) is 40.7 Å². The average molecular weight is 372 g/mol. The zero-order valence-electron chi connectivity index (χ0n) is 16.1. The van der Waals surface area contributed by atoms with Gasteiger partial charge in [0, 0.05) is 25.3 Å². The Labute approximate surface area is 158 Å². The van der Waals surface area contributed by atoms with Crippen LogP contribution in [0.4, 0.5) is 0 Å². The molecular formula is C21H24O6. The summed E-state index contributed by atoms with van der Waals surface area (Å²) in [6.45, 7) is 0. The molecule has 1 N–H and O–H groups in total. The Balaban J connectivity index is 2.16. The number of hydrogen-bond acceptors (Lipinski definition) is 6. The largest absolute Gasteiger partial charge is 0.496 e. The molecule has 144 valence electrons. The third-order valence-electron chi connectivity index (χ3n) is 5.02. The first-order valence-corrected chi connectivity index (χ1v) is 8.43. The van der Waals surface area contributed by atoms with Gasteiger partial charge in [-0.1, -0.05) is 18.2 Å². The summed E-state index contributed by atoms with van der Waals surface area (Å²) in [5.74, 6) is 0.447. The molecule has 6 heteroatoms. The van der Waals surface area contributed by atoms with Crippen molar-refractivity contribution in [3.8, 4) is 17.2 Å². The second-order valence-corrected chi connectivity index (χ2v) is 6.08. The predicted octanol–water partition coefficient (Wildman–Crippen LogP) is 3.07. The summed E-state index contributed by atoms with van der Waals surface area (Å²) in [6.07, 6.45) is 3.35. The van der Waals surface area contributed by atoms with E-state index in [4.69, 9.17) is 23.7 Å². The maximum atomic E-state index is 11.6. The van der Waals surface area contributed by atoms with Crippen LogP contribution < -0.4 is 14.2 Å². The van der Waals surface area contributed by atoms with Gasteiger partial charge in [0.25, 0.3) is 0 Å². The number of methoxy groups -OCH3 is 5. The first-order chi connectivity index (χ1) is 13.0. The highest BCUT2D eigenvalue weighted by molar-refractivity contribution is 5.68. The van der Waals surface area contributed by atoms with Gasteiger partial charge < -0.3 is 28.8 Å². The minimum atomic E-state index is -1.57. The molecule has 6 nitrogen and oxygen atoms in total. The number of ether oxygens (including phenoxy) is 5. The van der Waals surface area contributed by atoms with Crippen LogP contribution in [0.2, 0.25) is 0 Å². The summed E-state index contributed by atoms with van der Waals surface area (Å²) < 4.78 is 27.5. The molecule has 2 aromatic rings. The van der Waals surface area contributed by atoms with Crippen LogP contribution in [0, 0.1) is 0 Å². The summed E-state index contributed by atoms with van der Waals surface area (Å²) in [7, 11) is 7.71. The van der Waals surface area contributed by atoms with Crippen LogP contribution in [0.15, 0.2) is 42.5 Å². The van der Waals surface area contributed by atoms with Crippen LogP contribution >= 0.6 is 0 Å². The molecule has 0 fully saturated rings. The van der Waals surface area contributed by atoms with Crippen molar-refractivity contribution < 1.29 is 28.8 Å². The van der Waals surface area contributed by atoms with Crippen LogP contribution in [0.3, 0.4) is 0 Å². The molecule has 0 aromatic heterocycles. The highest BCUT2D eigenvalue weighted by atomic mass is 16.7. The second-order valence-electron chi connectivity index (χ2n) is 6.08. The second kappa shape index (κ2) is 7.23. The SMILES string of the molecule is COc1cccc(OC)c1/C=C/C1(O)c2c(OC)cccc2C1(OC)OC. The molecule has 0 saturated heterocycles. The summed E-state index contributed by atoms with van der Waals surface area (Å²) in [4.78, 5) is 0. The van der Waals surface area contributed by atoms with Crippen LogP contribution in [0.25, 0.3) is 6.08 Å². The quantitative estimate of drug-likeness (QED) is 0.754. The van der Waals surface area contributed by atoms with E-state index in [1.165, 1.54) is 14.2 Å². The van der Waals surface area contributed by atoms with E-state index in [9.17, 15) is 5.11 Å². The molecule has 2 aromatic carbocycles. The molecule has 3 rings (SSSR count). The average Bonchev–Trinajstić information content (AvgIpc) is 2.72. The van der Waals surface area contributed by atoms with Crippen molar-refractivity contribution in [2.45, 2.75) is 11.4 Å². The van der Waals surface area contributed by atoms with Crippen molar-refractivity contribution in [2.24, 2.45) is 0 Å². The van der Waals surface area contributed by atoms with Crippen LogP contribution in [0.5, 0.6) is 17.2 Å². The molecular weight excluding hydrogens is 348 g/mol. The Morgan fingerprint density at radius 1 is 0.778 bits per heavy atom. The smallest absolute Gasteiger partial charge is 0.233 e. The van der Waals surface area contributed by atoms with Gasteiger partial charge in [-0.3, -0.25) is 0 Å². The van der Waals surface area contributed by atoms with E-state index in [0.717, 1.165) is 0 Å². The molecule has 0 heterocycles. The molecule has 1 aliphatic rings. The first-order valence-electron chi connectivity index (χ1n) is 8.43. The Hall–Kier alpha value is -2.54. The maximum absolute atomic E-state index is 11.6. The van der Waals surface area contributed by atoms with Gasteiger partial charge in [0.05, 0.1) is 26.9 Å². The third-order valence-corrected chi connectivity index (χ3v) is 5.02. The van der Waals surface area contributed by atoms with Gasteiger partial charge in [-0.15, -0.1) is 0 Å². The molecule has 1 unspecified atom stereocenters. The van der Waals surface area contributed by atoms with E-state index < -0.39 is 11.4 Å². The summed E-state index contributed by atoms with van der Waals surface area (Å²) >= 11 is 0. The first kappa shape index (κ1) is 19.2. The zero-order chi connectivity index (χ0) is 19.7. The van der Waals surface area contributed by atoms with Gasteiger partial charge in [0.1, 0.15) is 17.2 Å². The predicted molar refractivity (Wildman–Crippen MR) is 101 cm³/mol. The Morgan fingerprint density at radius 3 is 1.81 bits per heavy atom. The van der Waals surface area contributed by atoms with Gasteiger partial charge >= 0.3 is 0 Å². The molecule has 0 radical (unpaired) electrons. The molecule has 0 bridgehead atoms. The van der Waals surface area contributed by atoms with E-state index in [-0.39, 0.29) is 0 Å². The molecule has 0 aliphatic heterocycles. The fourth-order valence-corrected chi connectivity index (χ4v) is 3.73. The standard InChI is InChI=1S/C21H24O6/c1-23-16-9-7-10-17(24-2)14(16)12-13-20(22)19-15(21(20,26-4)27-5)8-6-11-18(19)25-3/h6-13,22H,1-5H3/b13-12+. The van der Waals surface area contributed by atoms with Crippen molar-refractivity contribution in [1.82, 2.24) is 0 Å². The topological polar surface area (TPSA) is 66.4 Å². The molecule has 27 heavy (non-hydrogen) atoms. The van der Waals surface area contributed by atoms with Crippen molar-refractivity contribution in [3.05, 3.63) is 59.2 Å². The Kier molecular flexibility index (Phi) is 5.15. The summed E-state index contributed by atoms with van der Waals surface area (Å²) in [5.41, 5.74) is 0.442. The van der Waals surface area contributed by atoms with Crippen LogP contribution in [0.1, 0.15) is 16.7 Å². The van der Waals surface area contributed by atoms with Gasteiger partial charge in [0.15, 0.2) is 5.60 Å². The highest BCUT2D eigenvalue weighted by Crippen LogP contribution is 2.59. The third kappa shape index (κ3) is 2.60. The fraction of sp³-hybridized carbons (Fsp3) is 0.333. The molecule has 1 atom stereocenters. The van der Waals surface area contributed by atoms with E-state index in [2.05, 4.69) is 0 Å². The van der Waals surface area contributed by atoms with Gasteiger partial charge in [-0.25, -0.2) is 0 Å². The molecule has 0 amide bonds. The van der Waals surface area contributed by atoms with Crippen molar-refractivity contribution in [3.63, 3.8) is 0 Å². The lowest BCUT2D eigenvalue weighted by Crippen LogP contribution is -2.60. The molecule has 1 aliphatic carbocycles. The normalized spacial score (nSPS) is 20.1. The number of aliphatic hydroxyl groups is 1. The van der Waals surface area contributed by atoms with E-state index in [1.807, 2.05) is 30.3 Å². The summed E-state index contributed by atoms with van der Waals surface area (Å²) in [6, 6.07) is 10.9. The zero-order valence-corrected chi connectivity index (χ0v) is 16.1. The number of fused-ring (bicyclic) bond motifs is 1. The number of hydrogen-bond donors (Lipinski definition) is 1. The lowest BCUT2D eigenvalue weighted by atomic mass is 9.66. The Bertz CT molecular complexity index is 833.